The van der Waals surface area contributed by atoms with Crippen LogP contribution in [0.15, 0.2) is 40.9 Å². The monoisotopic (exact) mass is 448 g/mol. The van der Waals surface area contributed by atoms with Gasteiger partial charge in [0.1, 0.15) is 40.7 Å². The lowest BCUT2D eigenvalue weighted by Gasteiger charge is -2.11. The van der Waals surface area contributed by atoms with Gasteiger partial charge in [-0.05, 0) is 40.2 Å². The van der Waals surface area contributed by atoms with E-state index in [0.29, 0.717) is 37.3 Å². The van der Waals surface area contributed by atoms with Crippen molar-refractivity contribution in [1.29, 1.82) is 0 Å². The summed E-state index contributed by atoms with van der Waals surface area (Å²) < 4.78 is 16.8. The first-order valence-corrected chi connectivity index (χ1v) is 9.63. The highest BCUT2D eigenvalue weighted by Crippen LogP contribution is 2.34. The van der Waals surface area contributed by atoms with E-state index in [0.717, 1.165) is 33.7 Å². The number of halogens is 3. The first kappa shape index (κ1) is 20.0. The molecule has 0 atom stereocenters. The van der Waals surface area contributed by atoms with Gasteiger partial charge in [-0.15, -0.1) is 23.2 Å². The van der Waals surface area contributed by atoms with Gasteiger partial charge >= 0.3 is 0 Å². The molecular formula is C18H19BrCl2O4. The molecule has 25 heavy (non-hydrogen) atoms. The van der Waals surface area contributed by atoms with Crippen molar-refractivity contribution >= 4 is 39.1 Å². The highest BCUT2D eigenvalue weighted by atomic mass is 79.9. The van der Waals surface area contributed by atoms with Crippen molar-refractivity contribution in [3.05, 3.63) is 46.4 Å². The van der Waals surface area contributed by atoms with Crippen LogP contribution in [-0.4, -0.2) is 36.7 Å². The fraction of sp³-hybridized carbons (Fsp3) is 0.333. The van der Waals surface area contributed by atoms with Gasteiger partial charge in [-0.25, -0.2) is 0 Å². The molecule has 1 heterocycles. The van der Waals surface area contributed by atoms with E-state index < -0.39 is 0 Å². The van der Waals surface area contributed by atoms with Crippen molar-refractivity contribution in [3.63, 3.8) is 0 Å². The largest absolute Gasteiger partial charge is 0.508 e. The quantitative estimate of drug-likeness (QED) is 0.629. The Morgan fingerprint density at radius 1 is 1.00 bits per heavy atom. The maximum Gasteiger partial charge on any atom is 0.137 e. The van der Waals surface area contributed by atoms with E-state index in [9.17, 15) is 5.11 Å². The fourth-order valence-corrected chi connectivity index (χ4v) is 2.86. The molecule has 0 spiro atoms. The van der Waals surface area contributed by atoms with Gasteiger partial charge in [0.2, 0.25) is 0 Å². The second-order valence-corrected chi connectivity index (χ2v) is 6.54. The Morgan fingerprint density at radius 3 is 2.16 bits per heavy atom. The Bertz CT molecular complexity index is 656. The lowest BCUT2D eigenvalue weighted by molar-refractivity contribution is 0.321. The number of aromatic hydroxyl groups is 1. The molecule has 1 aliphatic rings. The standard InChI is InChI=1S/C10H11BrCl2O2.C8H8O2/c11-10-8(14-6-4-12)2-1-3-9(10)15-7-5-13;9-7-2-1-3-8-6(7)4-5-10-8/h1-3H,4-7H2;1-3,9H,4-5H2. The van der Waals surface area contributed by atoms with Crippen LogP contribution in [0.25, 0.3) is 0 Å². The van der Waals surface area contributed by atoms with E-state index in [1.165, 1.54) is 0 Å². The third-order valence-electron chi connectivity index (χ3n) is 3.32. The smallest absolute Gasteiger partial charge is 0.137 e. The summed E-state index contributed by atoms with van der Waals surface area (Å²) in [5.74, 6) is 3.55. The lowest BCUT2D eigenvalue weighted by Crippen LogP contribution is -2.02. The molecule has 2 aromatic rings. The predicted molar refractivity (Wildman–Crippen MR) is 104 cm³/mol. The average Bonchev–Trinajstić information content (AvgIpc) is 3.11. The summed E-state index contributed by atoms with van der Waals surface area (Å²) in [6, 6.07) is 10.9. The Hall–Kier alpha value is -1.30. The summed E-state index contributed by atoms with van der Waals surface area (Å²) >= 11 is 14.5. The van der Waals surface area contributed by atoms with Crippen molar-refractivity contribution in [2.24, 2.45) is 0 Å². The van der Waals surface area contributed by atoms with E-state index in [1.807, 2.05) is 24.3 Å². The van der Waals surface area contributed by atoms with Gasteiger partial charge in [-0.3, -0.25) is 0 Å². The number of hydrogen-bond donors (Lipinski definition) is 1. The zero-order chi connectivity index (χ0) is 18.1. The number of alkyl halides is 2. The first-order valence-electron chi connectivity index (χ1n) is 7.77. The normalized spacial score (nSPS) is 11.8. The predicted octanol–water partition coefficient (Wildman–Crippen LogP) is 5.01. The molecule has 0 saturated heterocycles. The average molecular weight is 450 g/mol. The molecule has 0 radical (unpaired) electrons. The summed E-state index contributed by atoms with van der Waals surface area (Å²) in [7, 11) is 0. The molecule has 0 amide bonds. The molecule has 0 saturated carbocycles. The summed E-state index contributed by atoms with van der Waals surface area (Å²) in [5.41, 5.74) is 0.947. The molecule has 3 rings (SSSR count). The van der Waals surface area contributed by atoms with Crippen LogP contribution in [0, 0.1) is 0 Å². The highest BCUT2D eigenvalue weighted by Gasteiger charge is 2.14. The summed E-state index contributed by atoms with van der Waals surface area (Å²) in [6.45, 7) is 1.64. The van der Waals surface area contributed by atoms with E-state index in [1.54, 1.807) is 12.1 Å². The van der Waals surface area contributed by atoms with Crippen molar-refractivity contribution in [3.8, 4) is 23.0 Å². The van der Waals surface area contributed by atoms with Crippen LogP contribution in [0.5, 0.6) is 23.0 Å². The van der Waals surface area contributed by atoms with Gasteiger partial charge in [0, 0.05) is 12.0 Å². The van der Waals surface area contributed by atoms with Crippen LogP contribution in [0.1, 0.15) is 5.56 Å². The number of phenolic OH excluding ortho intramolecular Hbond substituents is 1. The van der Waals surface area contributed by atoms with Crippen molar-refractivity contribution in [2.75, 3.05) is 31.6 Å². The number of ether oxygens (including phenoxy) is 3. The van der Waals surface area contributed by atoms with Gasteiger partial charge in [0.15, 0.2) is 0 Å². The minimum Gasteiger partial charge on any atom is -0.508 e. The maximum absolute atomic E-state index is 9.25. The summed E-state index contributed by atoms with van der Waals surface area (Å²) in [6.07, 6.45) is 0.835. The Balaban J connectivity index is 0.000000194. The molecule has 2 aromatic carbocycles. The van der Waals surface area contributed by atoms with Crippen LogP contribution >= 0.6 is 39.1 Å². The molecule has 136 valence electrons. The topological polar surface area (TPSA) is 47.9 Å². The number of rotatable bonds is 6. The first-order chi connectivity index (χ1) is 12.2. The van der Waals surface area contributed by atoms with Gasteiger partial charge in [-0.2, -0.15) is 0 Å². The molecule has 4 nitrogen and oxygen atoms in total. The minimum absolute atomic E-state index is 0.356. The van der Waals surface area contributed by atoms with E-state index in [2.05, 4.69) is 15.9 Å². The van der Waals surface area contributed by atoms with Crippen LogP contribution < -0.4 is 14.2 Å². The molecule has 0 fully saturated rings. The molecule has 0 aromatic heterocycles. The number of fused-ring (bicyclic) bond motifs is 1. The lowest BCUT2D eigenvalue weighted by atomic mass is 10.1. The molecule has 7 heteroatoms. The molecule has 1 aliphatic heterocycles. The Labute approximate surface area is 165 Å². The fourth-order valence-electron chi connectivity index (χ4n) is 2.21. The Morgan fingerprint density at radius 2 is 1.60 bits per heavy atom. The Kier molecular flexibility index (Phi) is 8.52. The SMILES string of the molecule is ClCCOc1cccc(OCCCl)c1Br.Oc1cccc2c1CCO2. The second kappa shape index (κ2) is 10.6. The highest BCUT2D eigenvalue weighted by molar-refractivity contribution is 9.10. The van der Waals surface area contributed by atoms with Crippen molar-refractivity contribution in [2.45, 2.75) is 6.42 Å². The van der Waals surface area contributed by atoms with Crippen LogP contribution in [0.4, 0.5) is 0 Å². The maximum atomic E-state index is 9.25. The van der Waals surface area contributed by atoms with Crippen molar-refractivity contribution in [1.82, 2.24) is 0 Å². The summed E-state index contributed by atoms with van der Waals surface area (Å²) in [4.78, 5) is 0. The second-order valence-electron chi connectivity index (χ2n) is 5.00. The number of hydrogen-bond acceptors (Lipinski definition) is 4. The zero-order valence-electron chi connectivity index (χ0n) is 13.5. The third-order valence-corrected chi connectivity index (χ3v) is 4.41. The van der Waals surface area contributed by atoms with Gasteiger partial charge in [0.05, 0.1) is 18.4 Å². The molecule has 1 N–H and O–H groups in total. The molecule has 0 unspecified atom stereocenters. The summed E-state index contributed by atoms with van der Waals surface area (Å²) in [5, 5.41) is 9.25. The van der Waals surface area contributed by atoms with Crippen LogP contribution in [0.2, 0.25) is 0 Å². The van der Waals surface area contributed by atoms with Gasteiger partial charge < -0.3 is 19.3 Å². The van der Waals surface area contributed by atoms with Gasteiger partial charge in [-0.1, -0.05) is 12.1 Å². The number of phenols is 1. The van der Waals surface area contributed by atoms with E-state index >= 15 is 0 Å². The molecule has 0 aliphatic carbocycles. The molecule has 0 bridgehead atoms. The zero-order valence-corrected chi connectivity index (χ0v) is 16.6. The van der Waals surface area contributed by atoms with Crippen molar-refractivity contribution < 1.29 is 19.3 Å². The van der Waals surface area contributed by atoms with E-state index in [4.69, 9.17) is 37.4 Å². The minimum atomic E-state index is 0.356. The van der Waals surface area contributed by atoms with Crippen LogP contribution in [0.3, 0.4) is 0 Å². The third kappa shape index (κ3) is 5.87. The van der Waals surface area contributed by atoms with Crippen LogP contribution in [-0.2, 0) is 6.42 Å². The van der Waals surface area contributed by atoms with E-state index in [-0.39, 0.29) is 0 Å². The molecular weight excluding hydrogens is 431 g/mol. The number of benzene rings is 2. The van der Waals surface area contributed by atoms with Gasteiger partial charge in [0.25, 0.3) is 0 Å².